The molecule has 0 bridgehead atoms. The van der Waals surface area contributed by atoms with Gasteiger partial charge in [-0.05, 0) is 50.2 Å². The van der Waals surface area contributed by atoms with Crippen LogP contribution in [-0.4, -0.2) is 50.1 Å². The summed E-state index contributed by atoms with van der Waals surface area (Å²) in [6, 6.07) is 7.89. The van der Waals surface area contributed by atoms with Crippen LogP contribution in [0.4, 0.5) is 5.69 Å². The summed E-state index contributed by atoms with van der Waals surface area (Å²) in [5, 5.41) is 6.31. The van der Waals surface area contributed by atoms with Crippen molar-refractivity contribution < 1.29 is 9.53 Å². The fourth-order valence-electron chi connectivity index (χ4n) is 2.69. The van der Waals surface area contributed by atoms with Crippen LogP contribution in [-0.2, 0) is 4.79 Å². The lowest BCUT2D eigenvalue weighted by Crippen LogP contribution is -2.42. The number of nitrogens with zero attached hydrogens (tertiary/aromatic N) is 1. The first kappa shape index (κ1) is 15.8. The van der Waals surface area contributed by atoms with E-state index in [1.807, 2.05) is 24.3 Å². The number of amides is 1. The highest BCUT2D eigenvalue weighted by Crippen LogP contribution is 2.15. The molecule has 5 heteroatoms. The van der Waals surface area contributed by atoms with Gasteiger partial charge in [0.25, 0.3) is 0 Å². The Bertz CT molecular complexity index is 441. The van der Waals surface area contributed by atoms with Crippen LogP contribution in [0.1, 0.15) is 19.8 Å². The molecule has 5 nitrogen and oxygen atoms in total. The zero-order valence-electron chi connectivity index (χ0n) is 12.9. The van der Waals surface area contributed by atoms with E-state index in [9.17, 15) is 4.79 Å². The predicted molar refractivity (Wildman–Crippen MR) is 84.8 cm³/mol. The van der Waals surface area contributed by atoms with Crippen LogP contribution in [0.2, 0.25) is 0 Å². The van der Waals surface area contributed by atoms with Gasteiger partial charge in [-0.3, -0.25) is 9.69 Å². The lowest BCUT2D eigenvalue weighted by Gasteiger charge is -2.27. The van der Waals surface area contributed by atoms with Crippen molar-refractivity contribution in [2.45, 2.75) is 25.8 Å². The third kappa shape index (κ3) is 4.72. The Hall–Kier alpha value is -1.59. The number of hydrogen-bond acceptors (Lipinski definition) is 4. The monoisotopic (exact) mass is 291 g/mol. The second-order valence-electron chi connectivity index (χ2n) is 5.39. The lowest BCUT2D eigenvalue weighted by molar-refractivity contribution is -0.117. The van der Waals surface area contributed by atoms with Gasteiger partial charge in [0.15, 0.2) is 0 Å². The van der Waals surface area contributed by atoms with E-state index in [0.29, 0.717) is 12.6 Å². The van der Waals surface area contributed by atoms with E-state index >= 15 is 0 Å². The Labute approximate surface area is 126 Å². The minimum atomic E-state index is 0.0421. The van der Waals surface area contributed by atoms with Crippen LogP contribution >= 0.6 is 0 Å². The summed E-state index contributed by atoms with van der Waals surface area (Å²) in [5.74, 6) is 0.832. The number of methoxy groups -OCH3 is 1. The van der Waals surface area contributed by atoms with Gasteiger partial charge < -0.3 is 15.4 Å². The Kier molecular flexibility index (Phi) is 6.02. The number of carbonyl (C=O) groups is 1. The summed E-state index contributed by atoms with van der Waals surface area (Å²) in [6.07, 6.45) is 2.18. The molecule has 1 atom stereocenters. The van der Waals surface area contributed by atoms with Gasteiger partial charge in [0.1, 0.15) is 5.75 Å². The average molecular weight is 291 g/mol. The normalized spacial score (nSPS) is 18.0. The Morgan fingerprint density at radius 1 is 1.43 bits per heavy atom. The molecule has 1 saturated heterocycles. The molecule has 21 heavy (non-hydrogen) atoms. The summed E-state index contributed by atoms with van der Waals surface area (Å²) in [5.41, 5.74) is 0.807. The Morgan fingerprint density at radius 2 is 2.19 bits per heavy atom. The van der Waals surface area contributed by atoms with Crippen molar-refractivity contribution in [3.63, 3.8) is 0 Å². The summed E-state index contributed by atoms with van der Waals surface area (Å²) in [7, 11) is 1.63. The largest absolute Gasteiger partial charge is 0.497 e. The summed E-state index contributed by atoms with van der Waals surface area (Å²) >= 11 is 0. The van der Waals surface area contributed by atoms with Crippen LogP contribution in [0.25, 0.3) is 0 Å². The molecule has 1 aliphatic rings. The van der Waals surface area contributed by atoms with Crippen molar-refractivity contribution in [1.29, 1.82) is 0 Å². The number of hydrogen-bond donors (Lipinski definition) is 2. The van der Waals surface area contributed by atoms with Crippen LogP contribution in [0.5, 0.6) is 5.75 Å². The van der Waals surface area contributed by atoms with Crippen LogP contribution < -0.4 is 15.4 Å². The molecular formula is C16H25N3O2. The van der Waals surface area contributed by atoms with Crippen molar-refractivity contribution in [2.75, 3.05) is 38.6 Å². The van der Waals surface area contributed by atoms with Crippen molar-refractivity contribution in [3.05, 3.63) is 24.3 Å². The molecule has 1 aromatic carbocycles. The summed E-state index contributed by atoms with van der Waals surface area (Å²) in [4.78, 5) is 14.5. The molecule has 1 fully saturated rings. The van der Waals surface area contributed by atoms with Crippen LogP contribution in [0.3, 0.4) is 0 Å². The quantitative estimate of drug-likeness (QED) is 0.803. The molecular weight excluding hydrogens is 266 g/mol. The van der Waals surface area contributed by atoms with Crippen molar-refractivity contribution in [1.82, 2.24) is 10.2 Å². The maximum Gasteiger partial charge on any atom is 0.238 e. The number of carbonyl (C=O) groups excluding carboxylic acids is 1. The van der Waals surface area contributed by atoms with E-state index < -0.39 is 0 Å². The number of anilines is 1. The highest BCUT2D eigenvalue weighted by atomic mass is 16.5. The van der Waals surface area contributed by atoms with Gasteiger partial charge in [0, 0.05) is 18.3 Å². The van der Waals surface area contributed by atoms with Crippen molar-refractivity contribution in [2.24, 2.45) is 0 Å². The minimum absolute atomic E-state index is 0.0421. The van der Waals surface area contributed by atoms with Gasteiger partial charge in [0.05, 0.1) is 13.7 Å². The first-order chi connectivity index (χ1) is 10.2. The highest BCUT2D eigenvalue weighted by Gasteiger charge is 2.23. The Balaban J connectivity index is 1.88. The molecule has 0 saturated carbocycles. The van der Waals surface area contributed by atoms with E-state index in [2.05, 4.69) is 22.5 Å². The molecule has 1 aliphatic heterocycles. The fourth-order valence-corrected chi connectivity index (χ4v) is 2.69. The van der Waals surface area contributed by atoms with Gasteiger partial charge in [0.2, 0.25) is 5.91 Å². The average Bonchev–Trinajstić information content (AvgIpc) is 3.02. The zero-order chi connectivity index (χ0) is 15.1. The molecule has 1 heterocycles. The maximum absolute atomic E-state index is 12.2. The first-order valence-corrected chi connectivity index (χ1v) is 7.61. The number of rotatable bonds is 7. The number of nitrogens with one attached hydrogen (secondary N) is 2. The SMILES string of the molecule is CCCN(CC(=O)Nc1ccc(OC)cc1)C1CCNC1. The van der Waals surface area contributed by atoms with Gasteiger partial charge in [-0.1, -0.05) is 6.92 Å². The lowest BCUT2D eigenvalue weighted by atomic mass is 10.2. The second-order valence-corrected chi connectivity index (χ2v) is 5.39. The molecule has 1 unspecified atom stereocenters. The molecule has 0 radical (unpaired) electrons. The molecule has 2 N–H and O–H groups in total. The topological polar surface area (TPSA) is 53.6 Å². The Morgan fingerprint density at radius 3 is 2.76 bits per heavy atom. The first-order valence-electron chi connectivity index (χ1n) is 7.61. The second kappa shape index (κ2) is 8.00. The smallest absolute Gasteiger partial charge is 0.238 e. The van der Waals surface area contributed by atoms with Crippen molar-refractivity contribution in [3.8, 4) is 5.75 Å². The third-order valence-corrected chi connectivity index (χ3v) is 3.78. The van der Waals surface area contributed by atoms with E-state index in [-0.39, 0.29) is 5.91 Å². The maximum atomic E-state index is 12.2. The van der Waals surface area contributed by atoms with E-state index in [4.69, 9.17) is 4.74 Å². The van der Waals surface area contributed by atoms with Gasteiger partial charge in [-0.15, -0.1) is 0 Å². The summed E-state index contributed by atoms with van der Waals surface area (Å²) < 4.78 is 5.11. The molecule has 1 aromatic rings. The van der Waals surface area contributed by atoms with E-state index in [1.165, 1.54) is 0 Å². The number of ether oxygens (including phenoxy) is 1. The molecule has 2 rings (SSSR count). The van der Waals surface area contributed by atoms with Crippen LogP contribution in [0.15, 0.2) is 24.3 Å². The third-order valence-electron chi connectivity index (χ3n) is 3.78. The minimum Gasteiger partial charge on any atom is -0.497 e. The fraction of sp³-hybridized carbons (Fsp3) is 0.562. The molecule has 116 valence electrons. The summed E-state index contributed by atoms with van der Waals surface area (Å²) in [6.45, 7) is 5.59. The zero-order valence-corrected chi connectivity index (χ0v) is 12.9. The molecule has 0 aliphatic carbocycles. The molecule has 0 aromatic heterocycles. The van der Waals surface area contributed by atoms with Gasteiger partial charge >= 0.3 is 0 Å². The number of benzene rings is 1. The van der Waals surface area contributed by atoms with E-state index in [0.717, 1.165) is 43.9 Å². The molecule has 0 spiro atoms. The van der Waals surface area contributed by atoms with Gasteiger partial charge in [-0.25, -0.2) is 0 Å². The van der Waals surface area contributed by atoms with Crippen LogP contribution in [0, 0.1) is 0 Å². The molecule has 1 amide bonds. The predicted octanol–water partition coefficient (Wildman–Crippen LogP) is 1.71. The van der Waals surface area contributed by atoms with Crippen molar-refractivity contribution >= 4 is 11.6 Å². The van der Waals surface area contributed by atoms with E-state index in [1.54, 1.807) is 7.11 Å². The standard InChI is InChI=1S/C16H25N3O2/c1-3-10-19(14-8-9-17-11-14)12-16(20)18-13-4-6-15(21-2)7-5-13/h4-7,14,17H,3,8-12H2,1-2H3,(H,18,20). The highest BCUT2D eigenvalue weighted by molar-refractivity contribution is 5.92. The van der Waals surface area contributed by atoms with Gasteiger partial charge in [-0.2, -0.15) is 0 Å².